The topological polar surface area (TPSA) is 38.8 Å². The van der Waals surface area contributed by atoms with Gasteiger partial charge in [-0.2, -0.15) is 0 Å². The Bertz CT molecular complexity index is 1960. The molecule has 0 radical (unpaired) electrons. The van der Waals surface area contributed by atoms with Gasteiger partial charge in [-0.05, 0) is 91.8 Å². The van der Waals surface area contributed by atoms with Crippen LogP contribution in [0.25, 0.3) is 5.57 Å². The van der Waals surface area contributed by atoms with Crippen LogP contribution in [0.1, 0.15) is 75.1 Å². The largest absolute Gasteiger partial charge is 0.423 e. The molecule has 0 saturated heterocycles. The average molecular weight is 760 g/mol. The molecule has 0 bridgehead atoms. The van der Waals surface area contributed by atoms with Crippen LogP contribution >= 0.6 is 0 Å². The summed E-state index contributed by atoms with van der Waals surface area (Å²) in [7, 11) is 0. The molecular formula is C53H61NO3. The Morgan fingerprint density at radius 3 is 2.07 bits per heavy atom. The molecule has 1 atom stereocenters. The monoisotopic (exact) mass is 759 g/mol. The van der Waals surface area contributed by atoms with E-state index in [2.05, 4.69) is 149 Å². The molecule has 1 aliphatic heterocycles. The van der Waals surface area contributed by atoms with Gasteiger partial charge < -0.3 is 14.4 Å². The zero-order valence-corrected chi connectivity index (χ0v) is 34.6. The van der Waals surface area contributed by atoms with Gasteiger partial charge in [0, 0.05) is 36.9 Å². The van der Waals surface area contributed by atoms with E-state index in [1.807, 2.05) is 49.4 Å². The molecule has 4 nitrogen and oxygen atoms in total. The van der Waals surface area contributed by atoms with E-state index < -0.39 is 11.4 Å². The molecule has 4 rings (SSSR count). The third-order valence-corrected chi connectivity index (χ3v) is 10.0. The molecule has 0 amide bonds. The van der Waals surface area contributed by atoms with Gasteiger partial charge in [-0.15, -0.1) is 25.5 Å². The van der Waals surface area contributed by atoms with Crippen LogP contribution < -0.4 is 0 Å². The molecule has 57 heavy (non-hydrogen) atoms. The highest BCUT2D eigenvalue weighted by atomic mass is 16.5. The van der Waals surface area contributed by atoms with Crippen molar-refractivity contribution in [1.82, 2.24) is 4.90 Å². The summed E-state index contributed by atoms with van der Waals surface area (Å²) >= 11 is 0. The number of allylic oxidation sites excluding steroid dienone is 7. The van der Waals surface area contributed by atoms with Crippen molar-refractivity contribution in [2.24, 2.45) is 0 Å². The molecule has 1 heterocycles. The molecule has 0 spiro atoms. The van der Waals surface area contributed by atoms with Crippen molar-refractivity contribution in [3.63, 3.8) is 0 Å². The van der Waals surface area contributed by atoms with Crippen molar-refractivity contribution in [3.05, 3.63) is 211 Å². The van der Waals surface area contributed by atoms with Crippen LogP contribution in [-0.2, 0) is 19.7 Å². The van der Waals surface area contributed by atoms with Crippen LogP contribution in [-0.4, -0.2) is 36.7 Å². The molecule has 0 saturated carbocycles. The van der Waals surface area contributed by atoms with Gasteiger partial charge in [0.25, 0.3) is 0 Å². The lowest BCUT2D eigenvalue weighted by Gasteiger charge is -2.38. The summed E-state index contributed by atoms with van der Waals surface area (Å²) < 4.78 is 12.3. The van der Waals surface area contributed by atoms with Gasteiger partial charge in [-0.3, -0.25) is 0 Å². The van der Waals surface area contributed by atoms with Crippen LogP contribution in [0.3, 0.4) is 0 Å². The van der Waals surface area contributed by atoms with Crippen molar-refractivity contribution >= 4 is 11.5 Å². The van der Waals surface area contributed by atoms with E-state index >= 15 is 0 Å². The number of ether oxygens (including phenoxy) is 2. The number of nitrogens with zero attached hydrogens (tertiary/aromatic N) is 1. The van der Waals surface area contributed by atoms with E-state index in [1.54, 1.807) is 6.92 Å². The average Bonchev–Trinajstić information content (AvgIpc) is 3.52. The van der Waals surface area contributed by atoms with Gasteiger partial charge >= 0.3 is 5.97 Å². The normalized spacial score (nSPS) is 13.8. The number of terminal acetylenes is 1. The van der Waals surface area contributed by atoms with E-state index in [9.17, 15) is 4.79 Å². The van der Waals surface area contributed by atoms with Crippen LogP contribution in [0, 0.1) is 19.3 Å². The Morgan fingerprint density at radius 1 is 0.930 bits per heavy atom. The second-order valence-electron chi connectivity index (χ2n) is 13.8. The summed E-state index contributed by atoms with van der Waals surface area (Å²) in [6.45, 7) is 30.4. The summed E-state index contributed by atoms with van der Waals surface area (Å²) in [4.78, 5) is 15.8. The van der Waals surface area contributed by atoms with Crippen LogP contribution in [0.5, 0.6) is 0 Å². The van der Waals surface area contributed by atoms with E-state index in [-0.39, 0.29) is 6.10 Å². The lowest BCUT2D eigenvalue weighted by molar-refractivity contribution is -0.132. The van der Waals surface area contributed by atoms with Crippen LogP contribution in [0.2, 0.25) is 0 Å². The molecule has 3 aromatic carbocycles. The third-order valence-electron chi connectivity index (χ3n) is 10.0. The lowest BCUT2D eigenvalue weighted by Crippen LogP contribution is -2.32. The Labute approximate surface area is 343 Å². The minimum atomic E-state index is -0.458. The molecule has 1 unspecified atom stereocenters. The Morgan fingerprint density at radius 2 is 1.54 bits per heavy atom. The molecule has 296 valence electrons. The molecular weight excluding hydrogens is 699 g/mol. The zero-order chi connectivity index (χ0) is 41.6. The fraction of sp³-hybridized carbons (Fsp3) is 0.264. The van der Waals surface area contributed by atoms with Gasteiger partial charge in [-0.25, -0.2) is 4.79 Å². The first kappa shape index (κ1) is 45.5. The second kappa shape index (κ2) is 23.9. The summed E-state index contributed by atoms with van der Waals surface area (Å²) in [5, 5.41) is 0. The maximum Gasteiger partial charge on any atom is 0.344 e. The molecule has 4 heteroatoms. The molecule has 0 N–H and O–H groups in total. The summed E-state index contributed by atoms with van der Waals surface area (Å²) in [6.07, 6.45) is 22.0. The molecule has 1 aliphatic rings. The second-order valence-corrected chi connectivity index (χ2v) is 13.8. The summed E-state index contributed by atoms with van der Waals surface area (Å²) in [6, 6.07) is 29.5. The fourth-order valence-corrected chi connectivity index (χ4v) is 7.48. The van der Waals surface area contributed by atoms with Crippen molar-refractivity contribution in [2.45, 2.75) is 71.3 Å². The fourth-order valence-electron chi connectivity index (χ4n) is 7.48. The number of esters is 1. The predicted octanol–water partition coefficient (Wildman–Crippen LogP) is 12.6. The number of benzene rings is 3. The molecule has 0 fully saturated rings. The highest BCUT2D eigenvalue weighted by Gasteiger charge is 2.37. The first-order valence-corrected chi connectivity index (χ1v) is 19.8. The number of carbonyl (C=O) groups excluding carboxylic acids is 1. The quantitative estimate of drug-likeness (QED) is 0.0443. The van der Waals surface area contributed by atoms with Crippen LogP contribution in [0.4, 0.5) is 0 Å². The number of rotatable bonds is 22. The first-order chi connectivity index (χ1) is 27.7. The number of cyclic esters (lactones) is 1. The minimum absolute atomic E-state index is 0.0307. The third kappa shape index (κ3) is 11.8. The SMILES string of the molecule is C#CC.C=C/C=C(\C=C)C(CCC(CCN(/C=C(\CC=C)C1=C(/C(=C/C)c2ccccc2C)C(=C)OC1=O)CC=C)OCCC)(c1ccccc1)c1ccccc1. The predicted molar refractivity (Wildman–Crippen MR) is 242 cm³/mol. The standard InChI is InChI=1S/C50H57NO3.C3H4/c1-9-23-40(48-47(39(8)54-49(48)52)45(14-6)46-30-22-21-25-38(46)7)37-51(34-11-3)35-32-44(53-36-12-4)31-33-50(41(13-5)24-10-2,42-26-17-15-18-27-42)43-28-19-16-20-29-43;1-3-2/h9-11,13-22,24-30,37,44H,1-3,5,8,12,23,31-36H2,4,6-7H3;1H,2H3/b40-37+,41-24+,45-14+;. The smallest absolute Gasteiger partial charge is 0.344 e. The highest BCUT2D eigenvalue weighted by Crippen LogP contribution is 2.45. The summed E-state index contributed by atoms with van der Waals surface area (Å²) in [5.41, 5.74) is 8.15. The Kier molecular flexibility index (Phi) is 19.1. The number of hydrogen-bond donors (Lipinski definition) is 0. The number of aryl methyl sites for hydroxylation is 1. The van der Waals surface area contributed by atoms with E-state index in [0.29, 0.717) is 37.4 Å². The van der Waals surface area contributed by atoms with E-state index in [1.165, 1.54) is 11.1 Å². The van der Waals surface area contributed by atoms with E-state index in [4.69, 9.17) is 9.47 Å². The van der Waals surface area contributed by atoms with Crippen molar-refractivity contribution in [1.29, 1.82) is 0 Å². The van der Waals surface area contributed by atoms with Gasteiger partial charge in [-0.1, -0.05) is 148 Å². The van der Waals surface area contributed by atoms with Gasteiger partial charge in [0.2, 0.25) is 0 Å². The van der Waals surface area contributed by atoms with Crippen molar-refractivity contribution in [3.8, 4) is 12.3 Å². The number of carbonyl (C=O) groups is 1. The number of hydrogen-bond acceptors (Lipinski definition) is 4. The maximum atomic E-state index is 13.6. The molecule has 0 aromatic heterocycles. The Hall–Kier alpha value is -5.89. The lowest BCUT2D eigenvalue weighted by atomic mass is 9.65. The minimum Gasteiger partial charge on any atom is -0.423 e. The summed E-state index contributed by atoms with van der Waals surface area (Å²) in [5.74, 6) is 2.21. The zero-order valence-electron chi connectivity index (χ0n) is 34.6. The maximum absolute atomic E-state index is 13.6. The van der Waals surface area contributed by atoms with Crippen molar-refractivity contribution in [2.75, 3.05) is 19.7 Å². The van der Waals surface area contributed by atoms with Crippen molar-refractivity contribution < 1.29 is 14.3 Å². The van der Waals surface area contributed by atoms with Crippen LogP contribution in [0.15, 0.2) is 189 Å². The molecule has 3 aromatic rings. The van der Waals surface area contributed by atoms with Gasteiger partial charge in [0.1, 0.15) is 5.76 Å². The molecule has 0 aliphatic carbocycles. The van der Waals surface area contributed by atoms with E-state index in [0.717, 1.165) is 59.1 Å². The highest BCUT2D eigenvalue weighted by molar-refractivity contribution is 6.05. The Balaban J connectivity index is 0.00000281. The first-order valence-electron chi connectivity index (χ1n) is 19.8. The van der Waals surface area contributed by atoms with Gasteiger partial charge in [0.15, 0.2) is 0 Å². The van der Waals surface area contributed by atoms with Gasteiger partial charge in [0.05, 0.1) is 11.7 Å².